The van der Waals surface area contributed by atoms with Crippen LogP contribution in [-0.2, 0) is 13.5 Å². The molecule has 0 spiro atoms. The number of para-hydroxylation sites is 1. The van der Waals surface area contributed by atoms with Crippen molar-refractivity contribution in [2.75, 3.05) is 18.0 Å². The number of aromatic nitrogens is 1. The van der Waals surface area contributed by atoms with Gasteiger partial charge in [0.25, 0.3) is 5.91 Å². The van der Waals surface area contributed by atoms with Crippen LogP contribution in [0.25, 0.3) is 0 Å². The van der Waals surface area contributed by atoms with Crippen molar-refractivity contribution >= 4 is 17.4 Å². The van der Waals surface area contributed by atoms with Crippen LogP contribution in [0, 0.1) is 0 Å². The fourth-order valence-corrected chi connectivity index (χ4v) is 3.33. The Labute approximate surface area is 142 Å². The minimum absolute atomic E-state index is 0.0350. The van der Waals surface area contributed by atoms with Crippen LogP contribution >= 0.6 is 0 Å². The molecule has 24 heavy (non-hydrogen) atoms. The molecule has 3 rings (SSSR count). The van der Waals surface area contributed by atoms with Crippen LogP contribution in [0.3, 0.4) is 0 Å². The van der Waals surface area contributed by atoms with E-state index in [1.54, 1.807) is 23.9 Å². The number of carbonyl (C=O) groups is 2. The maximum atomic E-state index is 12.3. The van der Waals surface area contributed by atoms with Gasteiger partial charge in [-0.15, -0.1) is 0 Å². The molecule has 1 aromatic heterocycles. The molecule has 1 amide bonds. The van der Waals surface area contributed by atoms with Crippen molar-refractivity contribution in [2.45, 2.75) is 26.3 Å². The molecule has 2 aromatic rings. The number of amides is 1. The van der Waals surface area contributed by atoms with Crippen molar-refractivity contribution < 1.29 is 9.59 Å². The Morgan fingerprint density at radius 2 is 2.04 bits per heavy atom. The summed E-state index contributed by atoms with van der Waals surface area (Å²) in [4.78, 5) is 26.1. The highest BCUT2D eigenvalue weighted by Gasteiger charge is 2.25. The molecule has 1 aliphatic rings. The first kappa shape index (κ1) is 16.3. The smallest absolute Gasteiger partial charge is 0.267 e. The molecule has 1 aliphatic heterocycles. The normalized spacial score (nSPS) is 16.1. The maximum Gasteiger partial charge on any atom is 0.267 e. The number of benzene rings is 1. The second kappa shape index (κ2) is 6.51. The van der Waals surface area contributed by atoms with Crippen molar-refractivity contribution in [1.29, 1.82) is 0 Å². The third-order valence-electron chi connectivity index (χ3n) is 4.63. The summed E-state index contributed by atoms with van der Waals surface area (Å²) in [6.07, 6.45) is 2.74. The van der Waals surface area contributed by atoms with Crippen molar-refractivity contribution in [3.8, 4) is 0 Å². The van der Waals surface area contributed by atoms with Crippen molar-refractivity contribution in [1.82, 2.24) is 9.88 Å². The van der Waals surface area contributed by atoms with Gasteiger partial charge in [0.2, 0.25) is 0 Å². The minimum Gasteiger partial charge on any atom is -0.367 e. The van der Waals surface area contributed by atoms with Gasteiger partial charge in [-0.25, -0.2) is 0 Å². The number of anilines is 1. The molecule has 0 saturated heterocycles. The molecule has 0 bridgehead atoms. The summed E-state index contributed by atoms with van der Waals surface area (Å²) in [6.45, 7) is 5.05. The molecular formula is C19H23N3O2. The van der Waals surface area contributed by atoms with Gasteiger partial charge in [0.15, 0.2) is 5.78 Å². The molecule has 0 radical (unpaired) electrons. The number of hydrogen-bond acceptors (Lipinski definition) is 3. The predicted molar refractivity (Wildman–Crippen MR) is 94.7 cm³/mol. The van der Waals surface area contributed by atoms with Gasteiger partial charge in [-0.05, 0) is 38.0 Å². The molecule has 0 aliphatic carbocycles. The van der Waals surface area contributed by atoms with E-state index in [1.165, 1.54) is 18.2 Å². The standard InChI is InChI=1S/C19H23N3O2/c1-13-10-15-6-4-5-7-17(15)22(13)9-8-20-19(24)18-11-16(14(2)23)12-21(18)3/h4-7,11-13H,8-10H2,1-3H3,(H,20,24). The lowest BCUT2D eigenvalue weighted by atomic mass is 10.1. The first-order chi connectivity index (χ1) is 11.5. The minimum atomic E-state index is -0.148. The largest absolute Gasteiger partial charge is 0.367 e. The Bertz CT molecular complexity index is 779. The lowest BCUT2D eigenvalue weighted by Crippen LogP contribution is -2.38. The number of rotatable bonds is 5. The lowest BCUT2D eigenvalue weighted by Gasteiger charge is -2.25. The summed E-state index contributed by atoms with van der Waals surface area (Å²) in [5.41, 5.74) is 3.70. The molecule has 1 atom stereocenters. The SMILES string of the molecule is CC(=O)c1cc(C(=O)NCCN2c3ccccc3CC2C)n(C)c1. The van der Waals surface area contributed by atoms with E-state index in [0.29, 0.717) is 23.8 Å². The molecule has 1 N–H and O–H groups in total. The van der Waals surface area contributed by atoms with E-state index < -0.39 is 0 Å². The van der Waals surface area contributed by atoms with Gasteiger partial charge < -0.3 is 14.8 Å². The Morgan fingerprint density at radius 1 is 1.29 bits per heavy atom. The Morgan fingerprint density at radius 3 is 2.75 bits per heavy atom. The number of nitrogens with one attached hydrogen (secondary N) is 1. The van der Waals surface area contributed by atoms with Crippen LogP contribution in [0.5, 0.6) is 0 Å². The summed E-state index contributed by atoms with van der Waals surface area (Å²) < 4.78 is 1.69. The van der Waals surface area contributed by atoms with E-state index in [4.69, 9.17) is 0 Å². The first-order valence-corrected chi connectivity index (χ1v) is 8.27. The van der Waals surface area contributed by atoms with Crippen molar-refractivity contribution in [3.05, 3.63) is 53.3 Å². The average molecular weight is 325 g/mol. The van der Waals surface area contributed by atoms with Crippen LogP contribution in [0.15, 0.2) is 36.5 Å². The van der Waals surface area contributed by atoms with Crippen LogP contribution in [0.1, 0.15) is 40.3 Å². The number of carbonyl (C=O) groups excluding carboxylic acids is 2. The zero-order valence-electron chi connectivity index (χ0n) is 14.4. The van der Waals surface area contributed by atoms with Gasteiger partial charge in [-0.3, -0.25) is 9.59 Å². The van der Waals surface area contributed by atoms with Crippen molar-refractivity contribution in [3.63, 3.8) is 0 Å². The summed E-state index contributed by atoms with van der Waals surface area (Å²) in [5.74, 6) is -0.183. The zero-order valence-corrected chi connectivity index (χ0v) is 14.4. The molecule has 5 heteroatoms. The van der Waals surface area contributed by atoms with Gasteiger partial charge >= 0.3 is 0 Å². The summed E-state index contributed by atoms with van der Waals surface area (Å²) >= 11 is 0. The van der Waals surface area contributed by atoms with Crippen LogP contribution in [0.2, 0.25) is 0 Å². The third kappa shape index (κ3) is 3.07. The molecule has 1 unspecified atom stereocenters. The number of hydrogen-bond donors (Lipinski definition) is 1. The Hall–Kier alpha value is -2.56. The summed E-state index contributed by atoms with van der Waals surface area (Å²) in [6, 6.07) is 10.5. The fraction of sp³-hybridized carbons (Fsp3) is 0.368. The van der Waals surface area contributed by atoms with Gasteiger partial charge in [0.05, 0.1) is 0 Å². The van der Waals surface area contributed by atoms with Crippen LogP contribution in [-0.4, -0.2) is 35.4 Å². The quantitative estimate of drug-likeness (QED) is 0.859. The third-order valence-corrected chi connectivity index (χ3v) is 4.63. The molecule has 2 heterocycles. The van der Waals surface area contributed by atoms with Gasteiger partial charge in [-0.2, -0.15) is 0 Å². The second-order valence-electron chi connectivity index (χ2n) is 6.41. The van der Waals surface area contributed by atoms with E-state index in [0.717, 1.165) is 13.0 Å². The molecule has 1 aromatic carbocycles. The molecule has 5 nitrogen and oxygen atoms in total. The Balaban J connectivity index is 1.61. The summed E-state index contributed by atoms with van der Waals surface area (Å²) in [5, 5.41) is 2.96. The van der Waals surface area contributed by atoms with Gasteiger partial charge in [-0.1, -0.05) is 18.2 Å². The first-order valence-electron chi connectivity index (χ1n) is 8.27. The Kier molecular flexibility index (Phi) is 4.42. The highest BCUT2D eigenvalue weighted by Crippen LogP contribution is 2.31. The predicted octanol–water partition coefficient (Wildman–Crippen LogP) is 2.41. The maximum absolute atomic E-state index is 12.3. The van der Waals surface area contributed by atoms with E-state index in [2.05, 4.69) is 41.4 Å². The molecular weight excluding hydrogens is 302 g/mol. The van der Waals surface area contributed by atoms with Crippen LogP contribution in [0.4, 0.5) is 5.69 Å². The molecule has 0 saturated carbocycles. The highest BCUT2D eigenvalue weighted by atomic mass is 16.2. The zero-order chi connectivity index (χ0) is 17.3. The molecule has 0 fully saturated rings. The van der Waals surface area contributed by atoms with E-state index in [9.17, 15) is 9.59 Å². The monoisotopic (exact) mass is 325 g/mol. The number of aryl methyl sites for hydroxylation is 1. The highest BCUT2D eigenvalue weighted by molar-refractivity contribution is 5.99. The number of ketones is 1. The fourth-order valence-electron chi connectivity index (χ4n) is 3.33. The van der Waals surface area contributed by atoms with E-state index in [-0.39, 0.29) is 11.7 Å². The number of fused-ring (bicyclic) bond motifs is 1. The van der Waals surface area contributed by atoms with Gasteiger partial charge in [0, 0.05) is 43.6 Å². The lowest BCUT2D eigenvalue weighted by molar-refractivity contribution is 0.0946. The summed E-state index contributed by atoms with van der Waals surface area (Å²) in [7, 11) is 1.78. The van der Waals surface area contributed by atoms with E-state index >= 15 is 0 Å². The van der Waals surface area contributed by atoms with Crippen LogP contribution < -0.4 is 10.2 Å². The van der Waals surface area contributed by atoms with E-state index in [1.807, 2.05) is 0 Å². The number of Topliss-reactive ketones (excluding diaryl/α,β-unsaturated/α-hetero) is 1. The van der Waals surface area contributed by atoms with Gasteiger partial charge in [0.1, 0.15) is 5.69 Å². The topological polar surface area (TPSA) is 54.3 Å². The number of nitrogens with zero attached hydrogens (tertiary/aromatic N) is 2. The average Bonchev–Trinajstić information content (AvgIpc) is 3.08. The second-order valence-corrected chi connectivity index (χ2v) is 6.41. The van der Waals surface area contributed by atoms with Crippen molar-refractivity contribution in [2.24, 2.45) is 7.05 Å². The molecule has 126 valence electrons.